The summed E-state index contributed by atoms with van der Waals surface area (Å²) < 4.78 is 5.88. The number of nitrogens with zero attached hydrogens (tertiary/aromatic N) is 2. The van der Waals surface area contributed by atoms with Gasteiger partial charge >= 0.3 is 0 Å². The minimum absolute atomic E-state index is 0.434. The Hall–Kier alpha value is -1.07. The molecule has 0 bridgehead atoms. The van der Waals surface area contributed by atoms with Crippen LogP contribution in [0.1, 0.15) is 45.4 Å². The van der Waals surface area contributed by atoms with Gasteiger partial charge in [-0.05, 0) is 19.3 Å². The van der Waals surface area contributed by atoms with Crippen LogP contribution < -0.4 is 10.6 Å². The lowest BCUT2D eigenvalue weighted by atomic mass is 9.98. The zero-order chi connectivity index (χ0) is 14.9. The fourth-order valence-electron chi connectivity index (χ4n) is 2.44. The molecule has 118 valence electrons. The van der Waals surface area contributed by atoms with E-state index >= 15 is 0 Å². The summed E-state index contributed by atoms with van der Waals surface area (Å²) in [5.41, 5.74) is 0. The van der Waals surface area contributed by atoms with Crippen LogP contribution in [0.25, 0.3) is 0 Å². The predicted octanol–water partition coefficient (Wildman–Crippen LogP) is 3.71. The first-order valence-corrected chi connectivity index (χ1v) is 8.29. The summed E-state index contributed by atoms with van der Waals surface area (Å²) in [5, 5.41) is 6.91. The minimum atomic E-state index is 0.434. The average molecular weight is 313 g/mol. The normalized spacial score (nSPS) is 15.9. The Morgan fingerprint density at radius 2 is 2.05 bits per heavy atom. The van der Waals surface area contributed by atoms with Gasteiger partial charge in [-0.15, -0.1) is 0 Å². The SMILES string of the molecule is CCCNc1ncc(Cl)c(NCCOC2CCCCC2)n1. The molecule has 2 N–H and O–H groups in total. The van der Waals surface area contributed by atoms with Crippen molar-refractivity contribution in [3.63, 3.8) is 0 Å². The van der Waals surface area contributed by atoms with Gasteiger partial charge in [0.05, 0.1) is 18.9 Å². The van der Waals surface area contributed by atoms with Crippen LogP contribution in [0, 0.1) is 0 Å². The molecule has 1 saturated carbocycles. The van der Waals surface area contributed by atoms with Crippen LogP contribution in [0.3, 0.4) is 0 Å². The first-order chi connectivity index (χ1) is 10.3. The third kappa shape index (κ3) is 5.67. The van der Waals surface area contributed by atoms with E-state index in [4.69, 9.17) is 16.3 Å². The summed E-state index contributed by atoms with van der Waals surface area (Å²) in [5.74, 6) is 1.27. The van der Waals surface area contributed by atoms with Crippen molar-refractivity contribution in [1.82, 2.24) is 9.97 Å². The van der Waals surface area contributed by atoms with Crippen molar-refractivity contribution < 1.29 is 4.74 Å². The third-order valence-corrected chi connectivity index (χ3v) is 3.85. The van der Waals surface area contributed by atoms with Gasteiger partial charge in [-0.2, -0.15) is 4.98 Å². The molecular formula is C15H25ClN4O. The third-order valence-electron chi connectivity index (χ3n) is 3.58. The van der Waals surface area contributed by atoms with Crippen molar-refractivity contribution in [1.29, 1.82) is 0 Å². The Balaban J connectivity index is 1.73. The second-order valence-corrected chi connectivity index (χ2v) is 5.78. The Kier molecular flexibility index (Phi) is 7.03. The van der Waals surface area contributed by atoms with Crippen LogP contribution in [0.2, 0.25) is 5.02 Å². The van der Waals surface area contributed by atoms with Gasteiger partial charge in [0.2, 0.25) is 5.95 Å². The van der Waals surface area contributed by atoms with E-state index in [9.17, 15) is 0 Å². The summed E-state index contributed by atoms with van der Waals surface area (Å²) in [6.07, 6.45) is 9.41. The Morgan fingerprint density at radius 1 is 1.24 bits per heavy atom. The van der Waals surface area contributed by atoms with Crippen LogP contribution in [0.4, 0.5) is 11.8 Å². The average Bonchev–Trinajstić information content (AvgIpc) is 2.53. The van der Waals surface area contributed by atoms with Crippen molar-refractivity contribution in [2.24, 2.45) is 0 Å². The molecule has 0 amide bonds. The van der Waals surface area contributed by atoms with Gasteiger partial charge in [-0.25, -0.2) is 4.98 Å². The first-order valence-electron chi connectivity index (χ1n) is 7.91. The molecule has 1 aromatic rings. The van der Waals surface area contributed by atoms with Gasteiger partial charge in [-0.3, -0.25) is 0 Å². The molecule has 0 spiro atoms. The molecular weight excluding hydrogens is 288 g/mol. The fourth-order valence-corrected chi connectivity index (χ4v) is 2.60. The van der Waals surface area contributed by atoms with E-state index in [1.165, 1.54) is 32.1 Å². The second kappa shape index (κ2) is 9.05. The highest BCUT2D eigenvalue weighted by molar-refractivity contribution is 6.32. The highest BCUT2D eigenvalue weighted by Crippen LogP contribution is 2.21. The van der Waals surface area contributed by atoms with Crippen LogP contribution in [0.5, 0.6) is 0 Å². The molecule has 0 aliphatic heterocycles. The molecule has 5 nitrogen and oxygen atoms in total. The molecule has 1 aliphatic rings. The summed E-state index contributed by atoms with van der Waals surface area (Å²) in [4.78, 5) is 8.53. The maximum Gasteiger partial charge on any atom is 0.224 e. The lowest BCUT2D eigenvalue weighted by Crippen LogP contribution is -2.21. The zero-order valence-electron chi connectivity index (χ0n) is 12.7. The molecule has 1 fully saturated rings. The highest BCUT2D eigenvalue weighted by atomic mass is 35.5. The van der Waals surface area contributed by atoms with E-state index in [1.54, 1.807) is 6.20 Å². The number of halogens is 1. The number of aromatic nitrogens is 2. The lowest BCUT2D eigenvalue weighted by Gasteiger charge is -2.22. The van der Waals surface area contributed by atoms with Crippen molar-refractivity contribution in [2.45, 2.75) is 51.6 Å². The summed E-state index contributed by atoms with van der Waals surface area (Å²) in [6, 6.07) is 0. The van der Waals surface area contributed by atoms with Crippen LogP contribution in [-0.2, 0) is 4.74 Å². The van der Waals surface area contributed by atoms with Gasteiger partial charge in [0.25, 0.3) is 0 Å². The molecule has 2 rings (SSSR count). The van der Waals surface area contributed by atoms with Gasteiger partial charge in [0.15, 0.2) is 5.82 Å². The van der Waals surface area contributed by atoms with E-state index < -0.39 is 0 Å². The maximum absolute atomic E-state index is 6.10. The van der Waals surface area contributed by atoms with E-state index in [0.717, 1.165) is 13.0 Å². The molecule has 1 aromatic heterocycles. The standard InChI is InChI=1S/C15H25ClN4O/c1-2-8-18-15-19-11-13(16)14(20-15)17-9-10-21-12-6-4-3-5-7-12/h11-12H,2-10H2,1H3,(H2,17,18,19,20). The first kappa shape index (κ1) is 16.3. The number of hydrogen-bond donors (Lipinski definition) is 2. The predicted molar refractivity (Wildman–Crippen MR) is 87.1 cm³/mol. The van der Waals surface area contributed by atoms with Crippen molar-refractivity contribution in [3.05, 3.63) is 11.2 Å². The van der Waals surface area contributed by atoms with E-state index in [2.05, 4.69) is 27.5 Å². The molecule has 21 heavy (non-hydrogen) atoms. The molecule has 1 aliphatic carbocycles. The number of anilines is 2. The van der Waals surface area contributed by atoms with Gasteiger partial charge < -0.3 is 15.4 Å². The maximum atomic E-state index is 6.10. The highest BCUT2D eigenvalue weighted by Gasteiger charge is 2.13. The Bertz CT molecular complexity index is 424. The molecule has 0 radical (unpaired) electrons. The molecule has 1 heterocycles. The van der Waals surface area contributed by atoms with E-state index in [0.29, 0.717) is 36.0 Å². The summed E-state index contributed by atoms with van der Waals surface area (Å²) in [6.45, 7) is 4.35. The van der Waals surface area contributed by atoms with Gasteiger partial charge in [-0.1, -0.05) is 37.8 Å². The minimum Gasteiger partial charge on any atom is -0.376 e. The smallest absolute Gasteiger partial charge is 0.224 e. The summed E-state index contributed by atoms with van der Waals surface area (Å²) >= 11 is 6.10. The number of nitrogens with one attached hydrogen (secondary N) is 2. The van der Waals surface area contributed by atoms with E-state index in [-0.39, 0.29) is 0 Å². The Morgan fingerprint density at radius 3 is 2.81 bits per heavy atom. The lowest BCUT2D eigenvalue weighted by molar-refractivity contribution is 0.0347. The van der Waals surface area contributed by atoms with Crippen molar-refractivity contribution in [3.8, 4) is 0 Å². The van der Waals surface area contributed by atoms with Gasteiger partial charge in [0.1, 0.15) is 5.02 Å². The van der Waals surface area contributed by atoms with E-state index in [1.807, 2.05) is 0 Å². The fraction of sp³-hybridized carbons (Fsp3) is 0.733. The topological polar surface area (TPSA) is 59.1 Å². The molecule has 0 saturated heterocycles. The number of ether oxygens (including phenoxy) is 1. The zero-order valence-corrected chi connectivity index (χ0v) is 13.5. The van der Waals surface area contributed by atoms with Crippen LogP contribution in [0.15, 0.2) is 6.20 Å². The summed E-state index contributed by atoms with van der Waals surface area (Å²) in [7, 11) is 0. The number of rotatable bonds is 8. The largest absolute Gasteiger partial charge is 0.376 e. The van der Waals surface area contributed by atoms with Crippen LogP contribution in [-0.4, -0.2) is 35.8 Å². The van der Waals surface area contributed by atoms with Gasteiger partial charge in [0, 0.05) is 13.1 Å². The van der Waals surface area contributed by atoms with Crippen molar-refractivity contribution >= 4 is 23.4 Å². The molecule has 0 atom stereocenters. The molecule has 6 heteroatoms. The monoisotopic (exact) mass is 312 g/mol. The van der Waals surface area contributed by atoms with Crippen LogP contribution >= 0.6 is 11.6 Å². The van der Waals surface area contributed by atoms with Crippen molar-refractivity contribution in [2.75, 3.05) is 30.3 Å². The molecule has 0 aromatic carbocycles. The Labute approximate surface area is 131 Å². The number of hydrogen-bond acceptors (Lipinski definition) is 5. The quantitative estimate of drug-likeness (QED) is 0.717. The molecule has 0 unspecified atom stereocenters. The second-order valence-electron chi connectivity index (χ2n) is 5.37.